The van der Waals surface area contributed by atoms with Crippen LogP contribution in [0.1, 0.15) is 51.0 Å². The summed E-state index contributed by atoms with van der Waals surface area (Å²) < 4.78 is 0. The number of rotatable bonds is 5. The van der Waals surface area contributed by atoms with Gasteiger partial charge in [-0.1, -0.05) is 37.3 Å². The molecule has 0 saturated heterocycles. The number of carbonyl (C=O) groups excluding carboxylic acids is 1. The van der Waals surface area contributed by atoms with Crippen molar-refractivity contribution in [3.8, 4) is 0 Å². The van der Waals surface area contributed by atoms with Crippen molar-refractivity contribution in [3.63, 3.8) is 0 Å². The average Bonchev–Trinajstić information content (AvgIpc) is 2.47. The summed E-state index contributed by atoms with van der Waals surface area (Å²) in [5, 5.41) is 8.82. The van der Waals surface area contributed by atoms with Crippen molar-refractivity contribution in [1.29, 1.82) is 0 Å². The van der Waals surface area contributed by atoms with Gasteiger partial charge in [-0.05, 0) is 36.7 Å². The highest BCUT2D eigenvalue weighted by Gasteiger charge is 2.39. The van der Waals surface area contributed by atoms with Gasteiger partial charge >= 0.3 is 5.97 Å². The van der Waals surface area contributed by atoms with Crippen LogP contribution in [0.4, 0.5) is 0 Å². The van der Waals surface area contributed by atoms with Gasteiger partial charge in [0.15, 0.2) is 0 Å². The van der Waals surface area contributed by atoms with Gasteiger partial charge < -0.3 is 5.11 Å². The summed E-state index contributed by atoms with van der Waals surface area (Å²) in [6.45, 7) is 2.16. The van der Waals surface area contributed by atoms with Gasteiger partial charge in [0.25, 0.3) is 0 Å². The molecule has 2 unspecified atom stereocenters. The molecule has 1 saturated carbocycles. The Morgan fingerprint density at radius 1 is 1.35 bits per heavy atom. The third kappa shape index (κ3) is 3.09. The summed E-state index contributed by atoms with van der Waals surface area (Å²) in [5.41, 5.74) is 1.33. The van der Waals surface area contributed by atoms with Crippen LogP contribution in [-0.2, 0) is 15.0 Å². The van der Waals surface area contributed by atoms with E-state index < -0.39 is 5.97 Å². The van der Waals surface area contributed by atoms with Crippen LogP contribution in [-0.4, -0.2) is 16.9 Å². The molecule has 1 aliphatic rings. The average molecular weight is 274 g/mol. The number of hydrogen-bond acceptors (Lipinski definition) is 2. The quantitative estimate of drug-likeness (QED) is 0.893. The van der Waals surface area contributed by atoms with Gasteiger partial charge in [0.05, 0.1) is 0 Å². The molecule has 1 fully saturated rings. The monoisotopic (exact) mass is 274 g/mol. The minimum atomic E-state index is -0.815. The van der Waals surface area contributed by atoms with E-state index in [1.165, 1.54) is 5.56 Å². The van der Waals surface area contributed by atoms with Crippen LogP contribution in [0.2, 0.25) is 0 Å². The highest BCUT2D eigenvalue weighted by molar-refractivity contribution is 5.83. The Bertz CT molecular complexity index is 480. The molecule has 1 aromatic rings. The van der Waals surface area contributed by atoms with Gasteiger partial charge in [-0.25, -0.2) is 0 Å². The van der Waals surface area contributed by atoms with Gasteiger partial charge in [-0.15, -0.1) is 0 Å². The van der Waals surface area contributed by atoms with E-state index in [4.69, 9.17) is 5.11 Å². The van der Waals surface area contributed by atoms with Crippen molar-refractivity contribution >= 4 is 11.8 Å². The number of ketones is 1. The van der Waals surface area contributed by atoms with Crippen molar-refractivity contribution < 1.29 is 14.7 Å². The van der Waals surface area contributed by atoms with E-state index >= 15 is 0 Å². The van der Waals surface area contributed by atoms with E-state index in [1.54, 1.807) is 0 Å². The van der Waals surface area contributed by atoms with Crippen LogP contribution in [0.25, 0.3) is 0 Å². The largest absolute Gasteiger partial charge is 0.481 e. The summed E-state index contributed by atoms with van der Waals surface area (Å²) in [6.07, 6.45) is 3.81. The SMILES string of the molecule is CCC1(c2ccccc2)CCC(=O)C(CCC(=O)O)C1. The molecule has 3 nitrogen and oxygen atoms in total. The predicted molar refractivity (Wildman–Crippen MR) is 77.6 cm³/mol. The maximum Gasteiger partial charge on any atom is 0.303 e. The molecule has 2 atom stereocenters. The molecule has 108 valence electrons. The summed E-state index contributed by atoms with van der Waals surface area (Å²) in [4.78, 5) is 22.8. The first kappa shape index (κ1) is 14.8. The smallest absolute Gasteiger partial charge is 0.303 e. The van der Waals surface area contributed by atoms with Crippen LogP contribution in [0.3, 0.4) is 0 Å². The second-order valence-electron chi connectivity index (χ2n) is 5.80. The first-order valence-corrected chi connectivity index (χ1v) is 7.37. The topological polar surface area (TPSA) is 54.4 Å². The van der Waals surface area contributed by atoms with Crippen LogP contribution in [0, 0.1) is 5.92 Å². The third-order valence-corrected chi connectivity index (χ3v) is 4.71. The van der Waals surface area contributed by atoms with Crippen molar-refractivity contribution in [2.24, 2.45) is 5.92 Å². The molecule has 20 heavy (non-hydrogen) atoms. The third-order valence-electron chi connectivity index (χ3n) is 4.71. The maximum absolute atomic E-state index is 12.0. The lowest BCUT2D eigenvalue weighted by molar-refractivity contribution is -0.137. The fourth-order valence-corrected chi connectivity index (χ4v) is 3.39. The zero-order chi connectivity index (χ0) is 14.6. The molecule has 1 N–H and O–H groups in total. The minimum absolute atomic E-state index is 0.0400. The summed E-state index contributed by atoms with van der Waals surface area (Å²) in [6, 6.07) is 10.3. The van der Waals surface area contributed by atoms with Crippen molar-refractivity contribution in [2.45, 2.75) is 50.9 Å². The van der Waals surface area contributed by atoms with E-state index in [0.717, 1.165) is 19.3 Å². The zero-order valence-corrected chi connectivity index (χ0v) is 12.0. The van der Waals surface area contributed by atoms with E-state index in [1.807, 2.05) is 18.2 Å². The Balaban J connectivity index is 2.18. The molecule has 0 spiro atoms. The Morgan fingerprint density at radius 2 is 2.05 bits per heavy atom. The lowest BCUT2D eigenvalue weighted by Crippen LogP contribution is -2.37. The van der Waals surface area contributed by atoms with E-state index in [0.29, 0.717) is 12.8 Å². The van der Waals surface area contributed by atoms with Crippen LogP contribution in [0.15, 0.2) is 30.3 Å². The Kier molecular flexibility index (Phi) is 4.58. The molecular formula is C17H22O3. The van der Waals surface area contributed by atoms with Gasteiger partial charge in [0.2, 0.25) is 0 Å². The molecule has 0 aromatic heterocycles. The summed E-state index contributed by atoms with van der Waals surface area (Å²) in [7, 11) is 0. The summed E-state index contributed by atoms with van der Waals surface area (Å²) >= 11 is 0. The van der Waals surface area contributed by atoms with Crippen LogP contribution < -0.4 is 0 Å². The van der Waals surface area contributed by atoms with E-state index in [2.05, 4.69) is 19.1 Å². The number of aliphatic carboxylic acids is 1. The second kappa shape index (κ2) is 6.21. The molecule has 1 aliphatic carbocycles. The lowest BCUT2D eigenvalue weighted by Gasteiger charge is -2.40. The number of hydrogen-bond donors (Lipinski definition) is 1. The second-order valence-corrected chi connectivity index (χ2v) is 5.80. The first-order chi connectivity index (χ1) is 9.57. The zero-order valence-electron chi connectivity index (χ0n) is 12.0. The molecule has 1 aromatic carbocycles. The maximum atomic E-state index is 12.0. The highest BCUT2D eigenvalue weighted by atomic mass is 16.4. The molecule has 3 heteroatoms. The van der Waals surface area contributed by atoms with Gasteiger partial charge in [0, 0.05) is 18.8 Å². The molecule has 0 bridgehead atoms. The molecule has 0 heterocycles. The lowest BCUT2D eigenvalue weighted by atomic mass is 9.63. The van der Waals surface area contributed by atoms with Crippen molar-refractivity contribution in [1.82, 2.24) is 0 Å². The number of benzene rings is 1. The minimum Gasteiger partial charge on any atom is -0.481 e. The molecule has 0 amide bonds. The number of carboxylic acids is 1. The van der Waals surface area contributed by atoms with Crippen molar-refractivity contribution in [2.75, 3.05) is 0 Å². The normalized spacial score (nSPS) is 26.4. The predicted octanol–water partition coefficient (Wildman–Crippen LogP) is 3.57. The fourth-order valence-electron chi connectivity index (χ4n) is 3.39. The molecule has 0 aliphatic heterocycles. The highest BCUT2D eigenvalue weighted by Crippen LogP contribution is 2.44. The van der Waals surface area contributed by atoms with E-state index in [-0.39, 0.29) is 23.5 Å². The first-order valence-electron chi connectivity index (χ1n) is 7.37. The molecule has 2 rings (SSSR count). The standard InChI is InChI=1S/C17H22O3/c1-2-17(14-6-4-3-5-7-14)11-10-15(18)13(12-17)8-9-16(19)20/h3-7,13H,2,8-12H2,1H3,(H,19,20). The number of Topliss-reactive ketones (excluding diaryl/α,β-unsaturated/α-hetero) is 1. The molecule has 0 radical (unpaired) electrons. The van der Waals surface area contributed by atoms with Crippen LogP contribution in [0.5, 0.6) is 0 Å². The van der Waals surface area contributed by atoms with Crippen LogP contribution >= 0.6 is 0 Å². The Hall–Kier alpha value is -1.64. The number of carbonyl (C=O) groups is 2. The van der Waals surface area contributed by atoms with Gasteiger partial charge in [-0.3, -0.25) is 9.59 Å². The van der Waals surface area contributed by atoms with E-state index in [9.17, 15) is 9.59 Å². The number of carboxylic acid groups (broad SMARTS) is 1. The van der Waals surface area contributed by atoms with Gasteiger partial charge in [-0.2, -0.15) is 0 Å². The Morgan fingerprint density at radius 3 is 2.65 bits per heavy atom. The van der Waals surface area contributed by atoms with Crippen molar-refractivity contribution in [3.05, 3.63) is 35.9 Å². The molecular weight excluding hydrogens is 252 g/mol. The fraction of sp³-hybridized carbons (Fsp3) is 0.529. The summed E-state index contributed by atoms with van der Waals surface area (Å²) in [5.74, 6) is -0.670. The Labute approximate surface area is 120 Å². The van der Waals surface area contributed by atoms with Gasteiger partial charge in [0.1, 0.15) is 5.78 Å².